The molecule has 1 aliphatic rings. The lowest BCUT2D eigenvalue weighted by molar-refractivity contribution is -0.130. The predicted octanol–water partition coefficient (Wildman–Crippen LogP) is 3.54. The van der Waals surface area contributed by atoms with Crippen molar-refractivity contribution >= 4 is 35.2 Å². The number of amides is 3. The van der Waals surface area contributed by atoms with Crippen molar-refractivity contribution in [3.05, 3.63) is 66.2 Å². The number of hydrogen-bond acceptors (Lipinski definition) is 3. The Labute approximate surface area is 170 Å². The molecular formula is C23H25N3O3. The molecule has 2 aromatic carbocycles. The molecule has 1 heterocycles. The molecule has 2 N–H and O–H groups in total. The van der Waals surface area contributed by atoms with Gasteiger partial charge in [0.05, 0.1) is 5.92 Å². The topological polar surface area (TPSA) is 78.5 Å². The van der Waals surface area contributed by atoms with E-state index in [-0.39, 0.29) is 23.6 Å². The van der Waals surface area contributed by atoms with Crippen molar-refractivity contribution in [2.45, 2.75) is 19.8 Å². The molecular weight excluding hydrogens is 366 g/mol. The molecule has 0 radical (unpaired) electrons. The number of nitrogens with zero attached hydrogens (tertiary/aromatic N) is 1. The van der Waals surface area contributed by atoms with Crippen molar-refractivity contribution in [2.75, 3.05) is 23.7 Å². The highest BCUT2D eigenvalue weighted by atomic mass is 16.2. The summed E-state index contributed by atoms with van der Waals surface area (Å²) in [5.41, 5.74) is 2.34. The van der Waals surface area contributed by atoms with Gasteiger partial charge in [-0.15, -0.1) is 0 Å². The summed E-state index contributed by atoms with van der Waals surface area (Å²) in [6.07, 6.45) is 4.85. The molecule has 0 saturated carbocycles. The Morgan fingerprint density at radius 1 is 0.966 bits per heavy atom. The quantitative estimate of drug-likeness (QED) is 0.766. The molecule has 1 saturated heterocycles. The van der Waals surface area contributed by atoms with E-state index in [1.165, 1.54) is 13.0 Å². The minimum absolute atomic E-state index is 0.0498. The van der Waals surface area contributed by atoms with Gasteiger partial charge in [-0.3, -0.25) is 14.4 Å². The molecule has 6 nitrogen and oxygen atoms in total. The number of likely N-dealkylation sites (tertiary alicyclic amines) is 1. The third kappa shape index (κ3) is 6.04. The fraction of sp³-hybridized carbons (Fsp3) is 0.261. The summed E-state index contributed by atoms with van der Waals surface area (Å²) in [5.74, 6) is -0.489. The fourth-order valence-electron chi connectivity index (χ4n) is 3.31. The van der Waals surface area contributed by atoms with E-state index in [9.17, 15) is 14.4 Å². The van der Waals surface area contributed by atoms with Crippen LogP contribution in [-0.2, 0) is 14.4 Å². The number of carbonyl (C=O) groups excluding carboxylic acids is 3. The van der Waals surface area contributed by atoms with Gasteiger partial charge in [0.2, 0.25) is 17.7 Å². The first-order valence-corrected chi connectivity index (χ1v) is 9.72. The number of piperidine rings is 1. The van der Waals surface area contributed by atoms with E-state index < -0.39 is 0 Å². The van der Waals surface area contributed by atoms with E-state index in [2.05, 4.69) is 10.6 Å². The van der Waals surface area contributed by atoms with Crippen LogP contribution < -0.4 is 10.6 Å². The molecule has 0 aromatic heterocycles. The van der Waals surface area contributed by atoms with E-state index in [1.807, 2.05) is 42.5 Å². The first-order chi connectivity index (χ1) is 14.0. The lowest BCUT2D eigenvalue weighted by atomic mass is 9.97. The van der Waals surface area contributed by atoms with Gasteiger partial charge in [0.15, 0.2) is 0 Å². The van der Waals surface area contributed by atoms with Gasteiger partial charge in [0.25, 0.3) is 0 Å². The van der Waals surface area contributed by atoms with Crippen LogP contribution in [0.5, 0.6) is 0 Å². The van der Waals surface area contributed by atoms with Gasteiger partial charge in [-0.1, -0.05) is 30.3 Å². The second kappa shape index (κ2) is 9.68. The van der Waals surface area contributed by atoms with Crippen molar-refractivity contribution in [2.24, 2.45) is 5.92 Å². The van der Waals surface area contributed by atoms with E-state index >= 15 is 0 Å². The van der Waals surface area contributed by atoms with Crippen LogP contribution in [0.3, 0.4) is 0 Å². The summed E-state index contributed by atoms with van der Waals surface area (Å²) >= 11 is 0. The summed E-state index contributed by atoms with van der Waals surface area (Å²) < 4.78 is 0. The summed E-state index contributed by atoms with van der Waals surface area (Å²) in [5, 5.41) is 5.63. The van der Waals surface area contributed by atoms with Gasteiger partial charge in [0, 0.05) is 37.5 Å². The number of benzene rings is 2. The average molecular weight is 391 g/mol. The zero-order valence-electron chi connectivity index (χ0n) is 16.4. The molecule has 6 heteroatoms. The van der Waals surface area contributed by atoms with Crippen molar-refractivity contribution in [1.82, 2.24) is 4.90 Å². The second-order valence-corrected chi connectivity index (χ2v) is 7.12. The molecule has 3 amide bonds. The van der Waals surface area contributed by atoms with Crippen LogP contribution in [0, 0.1) is 5.92 Å². The first kappa shape index (κ1) is 20.3. The first-order valence-electron chi connectivity index (χ1n) is 9.72. The van der Waals surface area contributed by atoms with Crippen LogP contribution in [0.4, 0.5) is 11.4 Å². The third-order valence-electron chi connectivity index (χ3n) is 4.79. The molecule has 2 aromatic rings. The van der Waals surface area contributed by atoms with Gasteiger partial charge in [0.1, 0.15) is 0 Å². The van der Waals surface area contributed by atoms with Crippen LogP contribution in [0.25, 0.3) is 6.08 Å². The minimum Gasteiger partial charge on any atom is -0.338 e. The molecule has 1 aliphatic heterocycles. The molecule has 1 unspecified atom stereocenters. The number of anilines is 2. The SMILES string of the molecule is CC(=O)Nc1ccc(/C=C/C(=O)N2CCCC(C(=O)Nc3ccccc3)C2)cc1. The Kier molecular flexibility index (Phi) is 6.79. The largest absolute Gasteiger partial charge is 0.338 e. The number of hydrogen-bond donors (Lipinski definition) is 2. The normalized spacial score (nSPS) is 16.4. The highest BCUT2D eigenvalue weighted by molar-refractivity contribution is 5.95. The molecule has 0 spiro atoms. The van der Waals surface area contributed by atoms with Gasteiger partial charge >= 0.3 is 0 Å². The van der Waals surface area contributed by atoms with Crippen LogP contribution in [0.1, 0.15) is 25.3 Å². The van der Waals surface area contributed by atoms with Crippen LogP contribution in [-0.4, -0.2) is 35.7 Å². The van der Waals surface area contributed by atoms with Crippen molar-refractivity contribution < 1.29 is 14.4 Å². The Bertz CT molecular complexity index is 891. The molecule has 3 rings (SSSR count). The lowest BCUT2D eigenvalue weighted by Gasteiger charge is -2.31. The summed E-state index contributed by atoms with van der Waals surface area (Å²) in [7, 11) is 0. The molecule has 0 aliphatic carbocycles. The maximum Gasteiger partial charge on any atom is 0.246 e. The van der Waals surface area contributed by atoms with Crippen LogP contribution >= 0.6 is 0 Å². The van der Waals surface area contributed by atoms with Crippen molar-refractivity contribution in [3.8, 4) is 0 Å². The van der Waals surface area contributed by atoms with Gasteiger partial charge in [-0.25, -0.2) is 0 Å². The van der Waals surface area contributed by atoms with Gasteiger partial charge in [-0.2, -0.15) is 0 Å². The lowest BCUT2D eigenvalue weighted by Crippen LogP contribution is -2.43. The van der Waals surface area contributed by atoms with Crippen LogP contribution in [0.2, 0.25) is 0 Å². The fourth-order valence-corrected chi connectivity index (χ4v) is 3.31. The molecule has 0 bridgehead atoms. The van der Waals surface area contributed by atoms with Crippen molar-refractivity contribution in [1.29, 1.82) is 0 Å². The number of rotatable bonds is 5. The van der Waals surface area contributed by atoms with E-state index in [0.29, 0.717) is 18.8 Å². The van der Waals surface area contributed by atoms with E-state index in [4.69, 9.17) is 0 Å². The van der Waals surface area contributed by atoms with Gasteiger partial charge in [-0.05, 0) is 48.7 Å². The number of para-hydroxylation sites is 1. The third-order valence-corrected chi connectivity index (χ3v) is 4.79. The van der Waals surface area contributed by atoms with Gasteiger partial charge < -0.3 is 15.5 Å². The van der Waals surface area contributed by atoms with E-state index in [0.717, 1.165) is 24.1 Å². The predicted molar refractivity (Wildman–Crippen MR) is 114 cm³/mol. The zero-order valence-corrected chi connectivity index (χ0v) is 16.4. The average Bonchev–Trinajstić information content (AvgIpc) is 2.73. The molecule has 1 fully saturated rings. The standard InChI is InChI=1S/C23H25N3O3/c1-17(27)24-21-12-9-18(10-13-21)11-14-22(28)26-15-5-6-19(16-26)23(29)25-20-7-3-2-4-8-20/h2-4,7-14,19H,5-6,15-16H2,1H3,(H,24,27)(H,25,29)/b14-11+. The Morgan fingerprint density at radius 2 is 1.66 bits per heavy atom. The van der Waals surface area contributed by atoms with E-state index in [1.54, 1.807) is 23.1 Å². The zero-order chi connectivity index (χ0) is 20.6. The maximum atomic E-state index is 12.6. The molecule has 29 heavy (non-hydrogen) atoms. The highest BCUT2D eigenvalue weighted by Crippen LogP contribution is 2.19. The van der Waals surface area contributed by atoms with Crippen LogP contribution in [0.15, 0.2) is 60.7 Å². The summed E-state index contributed by atoms with van der Waals surface area (Å²) in [6, 6.07) is 16.6. The minimum atomic E-state index is -0.210. The molecule has 150 valence electrons. The smallest absolute Gasteiger partial charge is 0.246 e. The number of nitrogens with one attached hydrogen (secondary N) is 2. The summed E-state index contributed by atoms with van der Waals surface area (Å²) in [4.78, 5) is 37.9. The monoisotopic (exact) mass is 391 g/mol. The summed E-state index contributed by atoms with van der Waals surface area (Å²) in [6.45, 7) is 2.53. The molecule has 1 atom stereocenters. The number of carbonyl (C=O) groups is 3. The Morgan fingerprint density at radius 3 is 2.34 bits per heavy atom. The Hall–Kier alpha value is -3.41. The maximum absolute atomic E-state index is 12.6. The van der Waals surface area contributed by atoms with Crippen molar-refractivity contribution in [3.63, 3.8) is 0 Å². The Balaban J connectivity index is 1.55. The second-order valence-electron chi connectivity index (χ2n) is 7.12. The highest BCUT2D eigenvalue weighted by Gasteiger charge is 2.27.